The van der Waals surface area contributed by atoms with Crippen molar-refractivity contribution in [2.45, 2.75) is 50.7 Å². The van der Waals surface area contributed by atoms with Gasteiger partial charge in [0.2, 0.25) is 21.8 Å². The minimum Gasteiger partial charge on any atom is -0.495 e. The maximum atomic E-state index is 14.9. The second-order valence-electron chi connectivity index (χ2n) is 10.7. The van der Waals surface area contributed by atoms with Crippen molar-refractivity contribution in [2.75, 3.05) is 24.2 Å². The van der Waals surface area contributed by atoms with Gasteiger partial charge in [-0.25, -0.2) is 12.8 Å². The van der Waals surface area contributed by atoms with Crippen molar-refractivity contribution in [3.63, 3.8) is 0 Å². The molecule has 13 heteroatoms. The number of nitrogens with one attached hydrogen (secondary N) is 1. The molecule has 0 unspecified atom stereocenters. The van der Waals surface area contributed by atoms with Gasteiger partial charge in [-0.3, -0.25) is 24.0 Å². The zero-order valence-corrected chi connectivity index (χ0v) is 25.3. The molecule has 1 saturated carbocycles. The summed E-state index contributed by atoms with van der Waals surface area (Å²) in [4.78, 5) is 40.1. The maximum Gasteiger partial charge on any atom is 0.271 e. The fourth-order valence-corrected chi connectivity index (χ4v) is 6.16. The first kappa shape index (κ1) is 32.4. The fraction of sp³-hybridized carbons (Fsp3) is 0.355. The average molecular weight is 627 g/mol. The van der Waals surface area contributed by atoms with Crippen LogP contribution in [0.5, 0.6) is 5.75 Å². The molecule has 4 rings (SSSR count). The van der Waals surface area contributed by atoms with Gasteiger partial charge in [-0.15, -0.1) is 0 Å². The number of sulfonamides is 1. The summed E-state index contributed by atoms with van der Waals surface area (Å²) in [5, 5.41) is 14.5. The van der Waals surface area contributed by atoms with Crippen LogP contribution in [0.15, 0.2) is 72.8 Å². The third-order valence-electron chi connectivity index (χ3n) is 7.59. The highest BCUT2D eigenvalue weighted by molar-refractivity contribution is 7.92. The van der Waals surface area contributed by atoms with Crippen LogP contribution in [0.3, 0.4) is 0 Å². The number of halogens is 1. The van der Waals surface area contributed by atoms with Crippen LogP contribution in [-0.2, 0) is 32.6 Å². The first-order chi connectivity index (χ1) is 21.0. The van der Waals surface area contributed by atoms with Gasteiger partial charge in [-0.1, -0.05) is 61.4 Å². The van der Waals surface area contributed by atoms with Crippen LogP contribution in [0.25, 0.3) is 0 Å². The Hall–Kier alpha value is -4.52. The van der Waals surface area contributed by atoms with E-state index in [1.807, 2.05) is 6.07 Å². The number of hydrogen-bond donors (Lipinski definition) is 1. The van der Waals surface area contributed by atoms with Crippen molar-refractivity contribution in [3.05, 3.63) is 99.9 Å². The number of carbonyl (C=O) groups excluding carboxylic acids is 2. The summed E-state index contributed by atoms with van der Waals surface area (Å²) in [6.07, 6.45) is 4.44. The van der Waals surface area contributed by atoms with Gasteiger partial charge in [0, 0.05) is 36.7 Å². The predicted molar refractivity (Wildman–Crippen MR) is 163 cm³/mol. The lowest BCUT2D eigenvalue weighted by Crippen LogP contribution is -2.54. The number of carbonyl (C=O) groups is 2. The lowest BCUT2D eigenvalue weighted by molar-refractivity contribution is -0.384. The molecule has 1 atom stereocenters. The number of anilines is 1. The lowest BCUT2D eigenvalue weighted by Gasteiger charge is -2.34. The number of nitrogens with zero attached hydrogens (tertiary/aromatic N) is 3. The van der Waals surface area contributed by atoms with Crippen LogP contribution in [0.1, 0.15) is 36.8 Å². The molecule has 0 saturated heterocycles. The Morgan fingerprint density at radius 1 is 1.07 bits per heavy atom. The molecule has 1 aliphatic rings. The molecule has 1 N–H and O–H groups in total. The van der Waals surface area contributed by atoms with Gasteiger partial charge in [-0.05, 0) is 30.5 Å². The van der Waals surface area contributed by atoms with Gasteiger partial charge in [-0.2, -0.15) is 0 Å². The van der Waals surface area contributed by atoms with E-state index in [4.69, 9.17) is 4.74 Å². The van der Waals surface area contributed by atoms with Gasteiger partial charge in [0.05, 0.1) is 18.3 Å². The van der Waals surface area contributed by atoms with E-state index in [1.165, 1.54) is 36.3 Å². The van der Waals surface area contributed by atoms with E-state index >= 15 is 0 Å². The van der Waals surface area contributed by atoms with E-state index in [9.17, 15) is 32.5 Å². The first-order valence-electron chi connectivity index (χ1n) is 14.1. The second kappa shape index (κ2) is 14.3. The minimum atomic E-state index is -4.22. The number of ether oxygens (including phenoxy) is 1. The third-order valence-corrected chi connectivity index (χ3v) is 8.72. The van der Waals surface area contributed by atoms with Gasteiger partial charge >= 0.3 is 0 Å². The topological polar surface area (TPSA) is 139 Å². The predicted octanol–water partition coefficient (Wildman–Crippen LogP) is 4.21. The van der Waals surface area contributed by atoms with Gasteiger partial charge in [0.1, 0.15) is 29.8 Å². The SMILES string of the molecule is COc1ccc([N+](=O)[O-])cc1N(CC(=O)N(Cc1ccccc1F)[C@H](Cc1ccccc1)C(=O)NC1CCCC1)S(C)(=O)=O. The number of non-ortho nitro benzene ring substituents is 1. The highest BCUT2D eigenvalue weighted by Crippen LogP contribution is 2.34. The molecule has 234 valence electrons. The smallest absolute Gasteiger partial charge is 0.271 e. The van der Waals surface area contributed by atoms with Crippen LogP contribution in [0.4, 0.5) is 15.8 Å². The normalized spacial score (nSPS) is 14.1. The van der Waals surface area contributed by atoms with Crippen molar-refractivity contribution in [2.24, 2.45) is 0 Å². The first-order valence-corrected chi connectivity index (χ1v) is 16.0. The minimum absolute atomic E-state index is 0.0192. The van der Waals surface area contributed by atoms with Gasteiger partial charge < -0.3 is 15.0 Å². The van der Waals surface area contributed by atoms with Crippen LogP contribution in [0.2, 0.25) is 0 Å². The quantitative estimate of drug-likeness (QED) is 0.222. The number of methoxy groups -OCH3 is 1. The highest BCUT2D eigenvalue weighted by atomic mass is 32.2. The van der Waals surface area contributed by atoms with E-state index in [2.05, 4.69) is 5.32 Å². The summed E-state index contributed by atoms with van der Waals surface area (Å²) in [6, 6.07) is 17.0. The molecular weight excluding hydrogens is 591 g/mol. The number of hydrogen-bond acceptors (Lipinski definition) is 7. The van der Waals surface area contributed by atoms with Gasteiger partial charge in [0.15, 0.2) is 0 Å². The van der Waals surface area contributed by atoms with Crippen molar-refractivity contribution < 1.29 is 32.1 Å². The molecular formula is C31H35FN4O7S. The fourth-order valence-electron chi connectivity index (χ4n) is 5.31. The summed E-state index contributed by atoms with van der Waals surface area (Å²) in [6.45, 7) is -1.16. The molecule has 0 radical (unpaired) electrons. The van der Waals surface area contributed by atoms with E-state index < -0.39 is 50.9 Å². The van der Waals surface area contributed by atoms with Crippen LogP contribution in [-0.4, -0.2) is 62.0 Å². The Balaban J connectivity index is 1.79. The van der Waals surface area contributed by atoms with E-state index in [1.54, 1.807) is 30.3 Å². The molecule has 3 aromatic rings. The van der Waals surface area contributed by atoms with E-state index in [0.717, 1.165) is 49.6 Å². The molecule has 0 spiro atoms. The molecule has 0 aromatic heterocycles. The summed E-state index contributed by atoms with van der Waals surface area (Å²) in [5.74, 6) is -1.87. The molecule has 1 aliphatic carbocycles. The molecule has 2 amide bonds. The summed E-state index contributed by atoms with van der Waals surface area (Å²) in [7, 11) is -2.95. The lowest BCUT2D eigenvalue weighted by atomic mass is 10.0. The zero-order valence-electron chi connectivity index (χ0n) is 24.5. The number of benzene rings is 3. The Morgan fingerprint density at radius 3 is 2.34 bits per heavy atom. The second-order valence-corrected chi connectivity index (χ2v) is 12.6. The van der Waals surface area contributed by atoms with E-state index in [0.29, 0.717) is 4.31 Å². The molecule has 0 heterocycles. The molecule has 0 bridgehead atoms. The van der Waals surface area contributed by atoms with Crippen LogP contribution < -0.4 is 14.4 Å². The Kier molecular flexibility index (Phi) is 10.5. The Morgan fingerprint density at radius 2 is 1.73 bits per heavy atom. The van der Waals surface area contributed by atoms with Crippen molar-refractivity contribution in [1.82, 2.24) is 10.2 Å². The Labute approximate surface area is 255 Å². The summed E-state index contributed by atoms with van der Waals surface area (Å²) < 4.78 is 47.1. The van der Waals surface area contributed by atoms with E-state index in [-0.39, 0.29) is 36.0 Å². The van der Waals surface area contributed by atoms with Crippen LogP contribution in [0, 0.1) is 15.9 Å². The van der Waals surface area contributed by atoms with Crippen molar-refractivity contribution in [1.29, 1.82) is 0 Å². The van der Waals surface area contributed by atoms with Crippen LogP contribution >= 0.6 is 0 Å². The summed E-state index contributed by atoms with van der Waals surface area (Å²) >= 11 is 0. The average Bonchev–Trinajstić information content (AvgIpc) is 3.51. The number of rotatable bonds is 13. The Bertz CT molecular complexity index is 1600. The monoisotopic (exact) mass is 626 g/mol. The molecule has 44 heavy (non-hydrogen) atoms. The van der Waals surface area contributed by atoms with Crippen molar-refractivity contribution in [3.8, 4) is 5.75 Å². The molecule has 11 nitrogen and oxygen atoms in total. The highest BCUT2D eigenvalue weighted by Gasteiger charge is 2.35. The van der Waals surface area contributed by atoms with Crippen molar-refractivity contribution >= 4 is 33.2 Å². The zero-order chi connectivity index (χ0) is 31.9. The largest absolute Gasteiger partial charge is 0.495 e. The van der Waals surface area contributed by atoms with Gasteiger partial charge in [0.25, 0.3) is 5.69 Å². The number of amides is 2. The summed E-state index contributed by atoms with van der Waals surface area (Å²) in [5.41, 5.74) is 0.235. The maximum absolute atomic E-state index is 14.9. The molecule has 0 aliphatic heterocycles. The molecule has 3 aromatic carbocycles. The number of nitro groups is 1. The number of nitro benzene ring substituents is 1. The standard InChI is InChI=1S/C31H35FN4O7S/c1-43-29-17-16-25(36(39)40)19-27(29)35(44(2,41)42)21-30(37)34(20-23-12-6-9-15-26(23)32)28(18-22-10-4-3-5-11-22)31(38)33-24-13-7-8-14-24/h3-6,9-12,15-17,19,24,28H,7-8,13-14,18,20-21H2,1-2H3,(H,33,38)/t28-/m1/s1. The third kappa shape index (κ3) is 8.10. The molecule has 1 fully saturated rings.